The van der Waals surface area contributed by atoms with Gasteiger partial charge in [0.05, 0.1) is 16.4 Å². The number of carbonyl (C=O) groups excluding carboxylic acids is 2. The molecular weight excluding hydrogens is 288 g/mol. The number of carbonyl (C=O) groups is 2. The maximum atomic E-state index is 11.9. The van der Waals surface area contributed by atoms with Crippen LogP contribution in [0.2, 0.25) is 0 Å². The highest BCUT2D eigenvalue weighted by Gasteiger charge is 2.08. The molecule has 0 saturated carbocycles. The standard InChI is InChI=1S/C15H20N2O3S/c1-2-9-16-14(19)8-10-17-15(20)13-7-6-12(21-13)5-3-4-11-18/h6-7,18H,2,4,8-11H2,1H3,(H,16,19)(H,17,20). The number of nitrogens with one attached hydrogen (secondary N) is 2. The quantitative estimate of drug-likeness (QED) is 0.661. The van der Waals surface area contributed by atoms with Gasteiger partial charge in [-0.25, -0.2) is 0 Å². The van der Waals surface area contributed by atoms with Crippen molar-refractivity contribution >= 4 is 23.2 Å². The third kappa shape index (κ3) is 6.93. The molecule has 0 aliphatic carbocycles. The average Bonchev–Trinajstić information content (AvgIpc) is 2.94. The fraction of sp³-hybridized carbons (Fsp3) is 0.467. The number of thiophene rings is 1. The van der Waals surface area contributed by atoms with Crippen molar-refractivity contribution in [2.75, 3.05) is 19.7 Å². The summed E-state index contributed by atoms with van der Waals surface area (Å²) in [6.45, 7) is 3.00. The molecule has 114 valence electrons. The minimum absolute atomic E-state index is 0.0335. The van der Waals surface area contributed by atoms with Gasteiger partial charge in [0, 0.05) is 25.9 Å². The van der Waals surface area contributed by atoms with Crippen molar-refractivity contribution in [3.8, 4) is 11.8 Å². The molecule has 0 saturated heterocycles. The molecule has 0 fully saturated rings. The summed E-state index contributed by atoms with van der Waals surface area (Å²) in [7, 11) is 0. The summed E-state index contributed by atoms with van der Waals surface area (Å²) in [5, 5.41) is 14.1. The Bertz CT molecular complexity index is 529. The first-order valence-electron chi connectivity index (χ1n) is 6.91. The zero-order valence-electron chi connectivity index (χ0n) is 12.1. The van der Waals surface area contributed by atoms with E-state index in [-0.39, 0.29) is 24.8 Å². The lowest BCUT2D eigenvalue weighted by molar-refractivity contribution is -0.120. The molecule has 0 spiro atoms. The molecular formula is C15H20N2O3S. The fourth-order valence-corrected chi connectivity index (χ4v) is 2.26. The van der Waals surface area contributed by atoms with Gasteiger partial charge in [0.25, 0.3) is 5.91 Å². The van der Waals surface area contributed by atoms with Crippen molar-refractivity contribution in [2.45, 2.75) is 26.2 Å². The topological polar surface area (TPSA) is 78.4 Å². The van der Waals surface area contributed by atoms with E-state index < -0.39 is 0 Å². The van der Waals surface area contributed by atoms with Crippen molar-refractivity contribution in [1.82, 2.24) is 10.6 Å². The summed E-state index contributed by atoms with van der Waals surface area (Å²) in [6.07, 6.45) is 1.60. The molecule has 0 aliphatic heterocycles. The molecule has 3 N–H and O–H groups in total. The zero-order valence-corrected chi connectivity index (χ0v) is 12.9. The van der Waals surface area contributed by atoms with E-state index in [0.717, 1.165) is 11.3 Å². The lowest BCUT2D eigenvalue weighted by Gasteiger charge is -2.04. The van der Waals surface area contributed by atoms with Gasteiger partial charge >= 0.3 is 0 Å². The van der Waals surface area contributed by atoms with Crippen LogP contribution >= 0.6 is 11.3 Å². The van der Waals surface area contributed by atoms with E-state index in [1.54, 1.807) is 12.1 Å². The second-order valence-electron chi connectivity index (χ2n) is 4.30. The van der Waals surface area contributed by atoms with Gasteiger partial charge in [0.15, 0.2) is 0 Å². The van der Waals surface area contributed by atoms with Gasteiger partial charge in [0.1, 0.15) is 0 Å². The van der Waals surface area contributed by atoms with E-state index in [2.05, 4.69) is 22.5 Å². The highest BCUT2D eigenvalue weighted by Crippen LogP contribution is 2.15. The summed E-state index contributed by atoms with van der Waals surface area (Å²) in [6, 6.07) is 3.48. The van der Waals surface area contributed by atoms with Gasteiger partial charge in [-0.05, 0) is 18.6 Å². The summed E-state index contributed by atoms with van der Waals surface area (Å²) < 4.78 is 0. The van der Waals surface area contributed by atoms with E-state index in [1.165, 1.54) is 11.3 Å². The largest absolute Gasteiger partial charge is 0.395 e. The molecule has 1 rings (SSSR count). The van der Waals surface area contributed by atoms with Crippen LogP contribution in [0, 0.1) is 11.8 Å². The minimum atomic E-state index is -0.196. The van der Waals surface area contributed by atoms with Gasteiger partial charge < -0.3 is 15.7 Å². The Morgan fingerprint density at radius 3 is 2.81 bits per heavy atom. The Morgan fingerprint density at radius 1 is 1.29 bits per heavy atom. The van der Waals surface area contributed by atoms with Crippen LogP contribution in [0.15, 0.2) is 12.1 Å². The van der Waals surface area contributed by atoms with Crippen LogP contribution in [0.4, 0.5) is 0 Å². The maximum Gasteiger partial charge on any atom is 0.261 e. The van der Waals surface area contributed by atoms with Crippen LogP contribution < -0.4 is 10.6 Å². The zero-order chi connectivity index (χ0) is 15.5. The Kier molecular flexibility index (Phi) is 8.17. The van der Waals surface area contributed by atoms with Crippen molar-refractivity contribution in [3.05, 3.63) is 21.9 Å². The van der Waals surface area contributed by atoms with Gasteiger partial charge in [-0.15, -0.1) is 11.3 Å². The lowest BCUT2D eigenvalue weighted by Crippen LogP contribution is -2.30. The van der Waals surface area contributed by atoms with E-state index in [1.807, 2.05) is 6.92 Å². The fourth-order valence-electron chi connectivity index (χ4n) is 1.46. The van der Waals surface area contributed by atoms with Crippen LogP contribution in [-0.2, 0) is 4.79 Å². The van der Waals surface area contributed by atoms with Gasteiger partial charge in [-0.3, -0.25) is 9.59 Å². The van der Waals surface area contributed by atoms with Crippen molar-refractivity contribution in [1.29, 1.82) is 0 Å². The van der Waals surface area contributed by atoms with Crippen LogP contribution in [0.25, 0.3) is 0 Å². The first-order valence-corrected chi connectivity index (χ1v) is 7.73. The highest BCUT2D eigenvalue weighted by molar-refractivity contribution is 7.14. The summed E-state index contributed by atoms with van der Waals surface area (Å²) in [5.41, 5.74) is 0. The smallest absolute Gasteiger partial charge is 0.261 e. The molecule has 0 radical (unpaired) electrons. The van der Waals surface area contributed by atoms with E-state index in [0.29, 0.717) is 24.4 Å². The normalized spacial score (nSPS) is 9.62. The predicted octanol–water partition coefficient (Wildman–Crippen LogP) is 1.13. The minimum Gasteiger partial charge on any atom is -0.395 e. The number of aliphatic hydroxyl groups is 1. The van der Waals surface area contributed by atoms with Crippen LogP contribution in [0.5, 0.6) is 0 Å². The molecule has 6 heteroatoms. The van der Waals surface area contributed by atoms with Gasteiger partial charge in [0.2, 0.25) is 5.91 Å². The molecule has 1 aromatic heterocycles. The lowest BCUT2D eigenvalue weighted by atomic mass is 10.3. The van der Waals surface area contributed by atoms with Crippen LogP contribution in [0.1, 0.15) is 40.7 Å². The summed E-state index contributed by atoms with van der Waals surface area (Å²) >= 11 is 1.30. The Balaban J connectivity index is 2.36. The number of amides is 2. The van der Waals surface area contributed by atoms with Crippen LogP contribution in [0.3, 0.4) is 0 Å². The SMILES string of the molecule is CCCNC(=O)CCNC(=O)c1ccc(C#CCCO)s1. The van der Waals surface area contributed by atoms with E-state index in [4.69, 9.17) is 5.11 Å². The van der Waals surface area contributed by atoms with Gasteiger partial charge in [-0.2, -0.15) is 0 Å². The first kappa shape index (κ1) is 17.2. The van der Waals surface area contributed by atoms with E-state index in [9.17, 15) is 9.59 Å². The van der Waals surface area contributed by atoms with Crippen molar-refractivity contribution in [3.63, 3.8) is 0 Å². The third-order valence-corrected chi connectivity index (χ3v) is 3.49. The Morgan fingerprint density at radius 2 is 2.10 bits per heavy atom. The molecule has 1 heterocycles. The Hall–Kier alpha value is -1.84. The van der Waals surface area contributed by atoms with Crippen molar-refractivity contribution < 1.29 is 14.7 Å². The summed E-state index contributed by atoms with van der Waals surface area (Å²) in [5.74, 6) is 5.44. The molecule has 2 amide bonds. The third-order valence-electron chi connectivity index (χ3n) is 2.49. The molecule has 21 heavy (non-hydrogen) atoms. The Labute approximate surface area is 128 Å². The van der Waals surface area contributed by atoms with E-state index >= 15 is 0 Å². The number of hydrogen-bond acceptors (Lipinski definition) is 4. The molecule has 1 aromatic rings. The molecule has 0 atom stereocenters. The van der Waals surface area contributed by atoms with Crippen molar-refractivity contribution in [2.24, 2.45) is 0 Å². The number of rotatable bonds is 7. The van der Waals surface area contributed by atoms with Crippen LogP contribution in [-0.4, -0.2) is 36.6 Å². The second kappa shape index (κ2) is 9.97. The molecule has 0 unspecified atom stereocenters. The average molecular weight is 308 g/mol. The monoisotopic (exact) mass is 308 g/mol. The highest BCUT2D eigenvalue weighted by atomic mass is 32.1. The molecule has 0 aromatic carbocycles. The second-order valence-corrected chi connectivity index (χ2v) is 5.38. The molecule has 5 nitrogen and oxygen atoms in total. The van der Waals surface area contributed by atoms with Gasteiger partial charge in [-0.1, -0.05) is 18.8 Å². The maximum absolute atomic E-state index is 11.9. The molecule has 0 bridgehead atoms. The first-order chi connectivity index (χ1) is 10.2. The summed E-state index contributed by atoms with van der Waals surface area (Å²) in [4.78, 5) is 24.6. The number of hydrogen-bond donors (Lipinski definition) is 3. The number of aliphatic hydroxyl groups excluding tert-OH is 1. The predicted molar refractivity (Wildman–Crippen MR) is 83.2 cm³/mol. The molecule has 0 aliphatic rings.